The third kappa shape index (κ3) is 3.64. The minimum Gasteiger partial charge on any atom is -0.341 e. The number of carbonyl (C=O) groups excluding carboxylic acids is 1. The van der Waals surface area contributed by atoms with E-state index in [9.17, 15) is 4.79 Å². The Kier molecular flexibility index (Phi) is 4.91. The first-order valence-corrected chi connectivity index (χ1v) is 10.7. The van der Waals surface area contributed by atoms with E-state index in [2.05, 4.69) is 40.1 Å². The van der Waals surface area contributed by atoms with Gasteiger partial charge in [-0.15, -0.1) is 11.3 Å². The highest BCUT2D eigenvalue weighted by Gasteiger charge is 2.59. The molecule has 0 bridgehead atoms. The van der Waals surface area contributed by atoms with Gasteiger partial charge in [0.15, 0.2) is 0 Å². The first kappa shape index (κ1) is 17.5. The van der Waals surface area contributed by atoms with Crippen LogP contribution in [-0.2, 0) is 11.3 Å². The summed E-state index contributed by atoms with van der Waals surface area (Å²) in [4.78, 5) is 21.6. The summed E-state index contributed by atoms with van der Waals surface area (Å²) in [7, 11) is 2.16. The molecular formula is C20H31N3OS. The van der Waals surface area contributed by atoms with Gasteiger partial charge in [0.25, 0.3) is 0 Å². The number of piperidine rings is 1. The molecule has 1 aromatic rings. The number of hydrogen-bond acceptors (Lipinski definition) is 4. The fourth-order valence-electron chi connectivity index (χ4n) is 4.66. The smallest absolute Gasteiger partial charge is 0.226 e. The monoisotopic (exact) mass is 361 g/mol. The van der Waals surface area contributed by atoms with Crippen LogP contribution in [0.5, 0.6) is 0 Å². The van der Waals surface area contributed by atoms with Crippen LogP contribution in [0.15, 0.2) is 11.4 Å². The second-order valence-electron chi connectivity index (χ2n) is 8.40. The fraction of sp³-hybridized carbons (Fsp3) is 0.750. The van der Waals surface area contributed by atoms with Gasteiger partial charge >= 0.3 is 0 Å². The van der Waals surface area contributed by atoms with Gasteiger partial charge in [0.05, 0.1) is 0 Å². The van der Waals surface area contributed by atoms with Crippen molar-refractivity contribution in [1.29, 1.82) is 0 Å². The topological polar surface area (TPSA) is 26.8 Å². The normalized spacial score (nSPS) is 27.4. The van der Waals surface area contributed by atoms with Crippen molar-refractivity contribution >= 4 is 17.2 Å². The first-order valence-electron chi connectivity index (χ1n) is 9.80. The van der Waals surface area contributed by atoms with Crippen LogP contribution in [0.25, 0.3) is 0 Å². The molecule has 0 radical (unpaired) electrons. The number of rotatable bonds is 3. The van der Waals surface area contributed by atoms with Gasteiger partial charge in [0, 0.05) is 37.0 Å². The molecule has 3 heterocycles. The number of amides is 1. The molecule has 1 saturated carbocycles. The SMILES string of the molecule is Cc1ccsc1CN1CCC2(CC1)CC2C(=O)N1CCCN(C)CC1. The molecule has 0 aromatic carbocycles. The number of carbonyl (C=O) groups is 1. The van der Waals surface area contributed by atoms with Crippen molar-refractivity contribution in [2.45, 2.75) is 39.2 Å². The molecular weight excluding hydrogens is 330 g/mol. The highest BCUT2D eigenvalue weighted by Crippen LogP contribution is 2.60. The van der Waals surface area contributed by atoms with Gasteiger partial charge in [-0.25, -0.2) is 0 Å². The molecule has 0 N–H and O–H groups in total. The summed E-state index contributed by atoms with van der Waals surface area (Å²) in [5.41, 5.74) is 1.77. The molecule has 1 atom stereocenters. The lowest BCUT2D eigenvalue weighted by Gasteiger charge is -2.33. The predicted octanol–water partition coefficient (Wildman–Crippen LogP) is 2.82. The van der Waals surface area contributed by atoms with Crippen LogP contribution in [0.1, 0.15) is 36.1 Å². The van der Waals surface area contributed by atoms with Crippen LogP contribution in [0.2, 0.25) is 0 Å². The summed E-state index contributed by atoms with van der Waals surface area (Å²) in [6, 6.07) is 2.22. The zero-order valence-corrected chi connectivity index (χ0v) is 16.5. The Hall–Kier alpha value is -0.910. The highest BCUT2D eigenvalue weighted by molar-refractivity contribution is 7.10. The van der Waals surface area contributed by atoms with E-state index in [1.807, 2.05) is 11.3 Å². The van der Waals surface area contributed by atoms with Crippen molar-refractivity contribution < 1.29 is 4.79 Å². The van der Waals surface area contributed by atoms with E-state index in [0.29, 0.717) is 17.2 Å². The van der Waals surface area contributed by atoms with Crippen LogP contribution < -0.4 is 0 Å². The van der Waals surface area contributed by atoms with Crippen molar-refractivity contribution in [2.24, 2.45) is 11.3 Å². The Morgan fingerprint density at radius 3 is 2.72 bits per heavy atom. The summed E-state index contributed by atoms with van der Waals surface area (Å²) in [6.07, 6.45) is 4.68. The molecule has 138 valence electrons. The predicted molar refractivity (Wildman–Crippen MR) is 103 cm³/mol. The first-order chi connectivity index (χ1) is 12.1. The Labute approximate surface area is 155 Å². The van der Waals surface area contributed by atoms with Crippen molar-refractivity contribution in [2.75, 3.05) is 46.3 Å². The van der Waals surface area contributed by atoms with Gasteiger partial charge in [0.2, 0.25) is 5.91 Å². The minimum absolute atomic E-state index is 0.321. The molecule has 1 aromatic heterocycles. The van der Waals surface area contributed by atoms with E-state index in [-0.39, 0.29) is 0 Å². The third-order valence-corrected chi connectivity index (χ3v) is 7.71. The summed E-state index contributed by atoms with van der Waals surface area (Å²) in [6.45, 7) is 9.65. The van der Waals surface area contributed by atoms with Gasteiger partial charge < -0.3 is 9.80 Å². The van der Waals surface area contributed by atoms with Crippen molar-refractivity contribution in [1.82, 2.24) is 14.7 Å². The fourth-order valence-corrected chi connectivity index (χ4v) is 5.61. The second kappa shape index (κ2) is 7.01. The second-order valence-corrected chi connectivity index (χ2v) is 9.40. The summed E-state index contributed by atoms with van der Waals surface area (Å²) in [5, 5.41) is 2.20. The van der Waals surface area contributed by atoms with Crippen LogP contribution in [-0.4, -0.2) is 66.9 Å². The summed E-state index contributed by atoms with van der Waals surface area (Å²) >= 11 is 1.88. The van der Waals surface area contributed by atoms with Gasteiger partial charge in [0.1, 0.15) is 0 Å². The van der Waals surface area contributed by atoms with E-state index < -0.39 is 0 Å². The van der Waals surface area contributed by atoms with Gasteiger partial charge in [-0.1, -0.05) is 0 Å². The molecule has 1 aliphatic carbocycles. The third-order valence-electron chi connectivity index (χ3n) is 6.71. The number of nitrogens with zero attached hydrogens (tertiary/aromatic N) is 3. The molecule has 1 amide bonds. The Morgan fingerprint density at radius 1 is 1.20 bits per heavy atom. The van der Waals surface area contributed by atoms with Gasteiger partial charge in [-0.3, -0.25) is 9.69 Å². The summed E-state index contributed by atoms with van der Waals surface area (Å²) < 4.78 is 0. The number of thiophene rings is 1. The maximum Gasteiger partial charge on any atom is 0.226 e. The molecule has 3 aliphatic rings. The minimum atomic E-state index is 0.321. The molecule has 4 rings (SSSR count). The van der Waals surface area contributed by atoms with Gasteiger partial charge in [-0.2, -0.15) is 0 Å². The molecule has 2 saturated heterocycles. The van der Waals surface area contributed by atoms with Crippen LogP contribution >= 0.6 is 11.3 Å². The van der Waals surface area contributed by atoms with Gasteiger partial charge in [-0.05, 0) is 81.7 Å². The zero-order chi connectivity index (χ0) is 17.4. The Morgan fingerprint density at radius 2 is 2.00 bits per heavy atom. The molecule has 25 heavy (non-hydrogen) atoms. The quantitative estimate of drug-likeness (QED) is 0.828. The van der Waals surface area contributed by atoms with Crippen LogP contribution in [0, 0.1) is 18.3 Å². The van der Waals surface area contributed by atoms with E-state index in [0.717, 1.165) is 58.7 Å². The van der Waals surface area contributed by atoms with Crippen molar-refractivity contribution in [3.63, 3.8) is 0 Å². The van der Waals surface area contributed by atoms with Crippen molar-refractivity contribution in [3.05, 3.63) is 21.9 Å². The number of likely N-dealkylation sites (tertiary alicyclic amines) is 1. The molecule has 5 heteroatoms. The highest BCUT2D eigenvalue weighted by atomic mass is 32.1. The Bertz CT molecular complexity index is 620. The number of aryl methyl sites for hydroxylation is 1. The van der Waals surface area contributed by atoms with E-state index in [4.69, 9.17) is 0 Å². The van der Waals surface area contributed by atoms with Crippen LogP contribution in [0.3, 0.4) is 0 Å². The molecule has 2 aliphatic heterocycles. The van der Waals surface area contributed by atoms with E-state index >= 15 is 0 Å². The lowest BCUT2D eigenvalue weighted by atomic mass is 9.90. The van der Waals surface area contributed by atoms with E-state index in [1.165, 1.54) is 23.3 Å². The lowest BCUT2D eigenvalue weighted by Crippen LogP contribution is -2.39. The average Bonchev–Trinajstić information content (AvgIpc) is 3.23. The molecule has 1 spiro atoms. The van der Waals surface area contributed by atoms with Crippen LogP contribution in [0.4, 0.5) is 0 Å². The average molecular weight is 362 g/mol. The van der Waals surface area contributed by atoms with Crippen molar-refractivity contribution in [3.8, 4) is 0 Å². The summed E-state index contributed by atoms with van der Waals surface area (Å²) in [5.74, 6) is 0.777. The van der Waals surface area contributed by atoms with E-state index in [1.54, 1.807) is 0 Å². The maximum atomic E-state index is 13.0. The standard InChI is InChI=1S/C20H31N3OS/c1-16-4-13-25-18(16)15-22-9-5-20(6-10-22)14-17(20)19(24)23-8-3-7-21(2)11-12-23/h4,13,17H,3,5-12,14-15H2,1-2H3. The maximum absolute atomic E-state index is 13.0. The lowest BCUT2D eigenvalue weighted by molar-refractivity contribution is -0.133. The zero-order valence-electron chi connectivity index (χ0n) is 15.7. The largest absolute Gasteiger partial charge is 0.341 e. The Balaban J connectivity index is 1.29. The number of hydrogen-bond donors (Lipinski definition) is 0. The molecule has 4 nitrogen and oxygen atoms in total. The number of likely N-dealkylation sites (N-methyl/N-ethyl adjacent to an activating group) is 1. The molecule has 1 unspecified atom stereocenters. The molecule has 3 fully saturated rings.